The second-order valence-electron chi connectivity index (χ2n) is 7.94. The standard InChI is InChI=1S/C23H22FN3O2S.2ClH/c24-17-10-13(3-4-14(17)11-27-8-1-2-15(25)12-27)20-19(28)6-5-18-21(20)16-7-9-30-22(16)23(29)26-18;;/h3-7,9-10,15,28H,1-2,8,11-12,25H2,(H,26,29);2*1H. The number of aromatic hydroxyl groups is 1. The SMILES string of the molecule is Cl.Cl.NC1CCCN(Cc2ccc(-c3c(O)ccc4[nH]c(=O)c5sccc5c34)cc2F)C1. The number of pyridine rings is 1. The van der Waals surface area contributed by atoms with Crippen LogP contribution in [0.5, 0.6) is 5.75 Å². The summed E-state index contributed by atoms with van der Waals surface area (Å²) in [5, 5.41) is 14.0. The zero-order chi connectivity index (χ0) is 20.8. The molecule has 4 N–H and O–H groups in total. The fourth-order valence-corrected chi connectivity index (χ4v) is 5.23. The van der Waals surface area contributed by atoms with E-state index in [9.17, 15) is 9.90 Å². The number of phenolic OH excluding ortho intramolecular Hbond substituents is 1. The summed E-state index contributed by atoms with van der Waals surface area (Å²) in [5.74, 6) is -0.259. The highest BCUT2D eigenvalue weighted by Gasteiger charge is 2.20. The minimum atomic E-state index is -0.311. The van der Waals surface area contributed by atoms with E-state index in [2.05, 4.69) is 9.88 Å². The smallest absolute Gasteiger partial charge is 0.266 e. The molecule has 0 radical (unpaired) electrons. The number of nitrogens with one attached hydrogen (secondary N) is 1. The molecule has 1 saturated heterocycles. The minimum Gasteiger partial charge on any atom is -0.507 e. The van der Waals surface area contributed by atoms with E-state index in [0.29, 0.717) is 33.5 Å². The molecule has 1 aliphatic heterocycles. The predicted molar refractivity (Wildman–Crippen MR) is 134 cm³/mol. The summed E-state index contributed by atoms with van der Waals surface area (Å²) in [4.78, 5) is 17.4. The quantitative estimate of drug-likeness (QED) is 0.372. The Morgan fingerprint density at radius 1 is 1.22 bits per heavy atom. The number of nitrogens with zero attached hydrogens (tertiary/aromatic N) is 1. The minimum absolute atomic E-state index is 0. The maximum atomic E-state index is 15.0. The summed E-state index contributed by atoms with van der Waals surface area (Å²) < 4.78 is 15.6. The summed E-state index contributed by atoms with van der Waals surface area (Å²) in [6.45, 7) is 2.21. The zero-order valence-corrected chi connectivity index (χ0v) is 19.6. The van der Waals surface area contributed by atoms with Crippen LogP contribution in [0.3, 0.4) is 0 Å². The number of halogens is 3. The number of H-pyrrole nitrogens is 1. The molecular weight excluding hydrogens is 472 g/mol. The normalized spacial score (nSPS) is 16.6. The average Bonchev–Trinajstić information content (AvgIpc) is 3.21. The molecular formula is C23H24Cl2FN3O2S. The summed E-state index contributed by atoms with van der Waals surface area (Å²) in [6.07, 6.45) is 2.04. The molecule has 0 amide bonds. The number of piperidine rings is 1. The van der Waals surface area contributed by atoms with Crippen LogP contribution < -0.4 is 11.3 Å². The Morgan fingerprint density at radius 2 is 2.03 bits per heavy atom. The molecule has 1 atom stereocenters. The Bertz CT molecular complexity index is 1320. The van der Waals surface area contributed by atoms with Crippen molar-refractivity contribution in [2.75, 3.05) is 13.1 Å². The number of thiophene rings is 1. The van der Waals surface area contributed by atoms with Crippen molar-refractivity contribution in [3.63, 3.8) is 0 Å². The van der Waals surface area contributed by atoms with Crippen molar-refractivity contribution < 1.29 is 9.50 Å². The third-order valence-corrected chi connectivity index (χ3v) is 6.76. The first-order valence-electron chi connectivity index (χ1n) is 10.0. The van der Waals surface area contributed by atoms with Gasteiger partial charge in [-0.1, -0.05) is 12.1 Å². The van der Waals surface area contributed by atoms with Gasteiger partial charge in [0.1, 0.15) is 16.3 Å². The van der Waals surface area contributed by atoms with Gasteiger partial charge < -0.3 is 15.8 Å². The second-order valence-corrected chi connectivity index (χ2v) is 8.86. The molecule has 2 aromatic carbocycles. The second kappa shape index (κ2) is 9.77. The van der Waals surface area contributed by atoms with E-state index in [1.165, 1.54) is 23.5 Å². The number of rotatable bonds is 3. The monoisotopic (exact) mass is 495 g/mol. The van der Waals surface area contributed by atoms with Gasteiger partial charge in [-0.2, -0.15) is 0 Å². The van der Waals surface area contributed by atoms with Crippen LogP contribution in [0.4, 0.5) is 4.39 Å². The number of nitrogens with two attached hydrogens (primary N) is 1. The van der Waals surface area contributed by atoms with Crippen molar-refractivity contribution in [2.45, 2.75) is 25.4 Å². The van der Waals surface area contributed by atoms with Crippen molar-refractivity contribution in [1.29, 1.82) is 0 Å². The number of hydrogen-bond acceptors (Lipinski definition) is 5. The molecule has 3 heterocycles. The molecule has 0 bridgehead atoms. The molecule has 170 valence electrons. The number of phenols is 1. The first-order chi connectivity index (χ1) is 14.5. The van der Waals surface area contributed by atoms with Crippen molar-refractivity contribution in [3.8, 4) is 16.9 Å². The van der Waals surface area contributed by atoms with Gasteiger partial charge in [0, 0.05) is 46.5 Å². The van der Waals surface area contributed by atoms with E-state index in [0.717, 1.165) is 36.7 Å². The molecule has 1 aliphatic rings. The predicted octanol–water partition coefficient (Wildman–Crippen LogP) is 5.02. The van der Waals surface area contributed by atoms with Crippen LogP contribution in [0.15, 0.2) is 46.6 Å². The average molecular weight is 496 g/mol. The summed E-state index contributed by atoms with van der Waals surface area (Å²) in [5.41, 5.74) is 8.22. The van der Waals surface area contributed by atoms with Crippen LogP contribution in [-0.4, -0.2) is 34.1 Å². The summed E-state index contributed by atoms with van der Waals surface area (Å²) in [7, 11) is 0. The third kappa shape index (κ3) is 4.36. The number of benzene rings is 2. The maximum absolute atomic E-state index is 15.0. The molecule has 5 nitrogen and oxygen atoms in total. The van der Waals surface area contributed by atoms with E-state index >= 15 is 4.39 Å². The van der Waals surface area contributed by atoms with E-state index in [-0.39, 0.29) is 48.0 Å². The van der Waals surface area contributed by atoms with Gasteiger partial charge in [0.25, 0.3) is 5.56 Å². The van der Waals surface area contributed by atoms with E-state index in [1.54, 1.807) is 12.1 Å². The highest BCUT2D eigenvalue weighted by molar-refractivity contribution is 7.17. The van der Waals surface area contributed by atoms with Gasteiger partial charge in [-0.15, -0.1) is 36.2 Å². The summed E-state index contributed by atoms with van der Waals surface area (Å²) >= 11 is 1.35. The van der Waals surface area contributed by atoms with E-state index in [4.69, 9.17) is 5.73 Å². The van der Waals surface area contributed by atoms with Gasteiger partial charge in [-0.05, 0) is 54.6 Å². The zero-order valence-electron chi connectivity index (χ0n) is 17.1. The lowest BCUT2D eigenvalue weighted by molar-refractivity contribution is 0.199. The lowest BCUT2D eigenvalue weighted by Crippen LogP contribution is -2.42. The molecule has 0 spiro atoms. The van der Waals surface area contributed by atoms with Gasteiger partial charge in [0.15, 0.2) is 0 Å². The van der Waals surface area contributed by atoms with Crippen LogP contribution >= 0.6 is 36.2 Å². The van der Waals surface area contributed by atoms with Crippen LogP contribution in [0.2, 0.25) is 0 Å². The van der Waals surface area contributed by atoms with Crippen molar-refractivity contribution >= 4 is 57.1 Å². The maximum Gasteiger partial charge on any atom is 0.266 e. The molecule has 0 aliphatic carbocycles. The number of aromatic nitrogens is 1. The number of fused-ring (bicyclic) bond motifs is 3. The molecule has 1 unspecified atom stereocenters. The lowest BCUT2D eigenvalue weighted by Gasteiger charge is -2.30. The third-order valence-electron chi connectivity index (χ3n) is 5.85. The molecule has 5 rings (SSSR count). The van der Waals surface area contributed by atoms with Crippen LogP contribution in [-0.2, 0) is 6.54 Å². The largest absolute Gasteiger partial charge is 0.507 e. The molecule has 0 saturated carbocycles. The Morgan fingerprint density at radius 3 is 2.78 bits per heavy atom. The molecule has 4 aromatic rings. The fraction of sp³-hybridized carbons (Fsp3) is 0.261. The van der Waals surface area contributed by atoms with Gasteiger partial charge in [0.05, 0.1) is 0 Å². The highest BCUT2D eigenvalue weighted by atomic mass is 35.5. The fourth-order valence-electron chi connectivity index (χ4n) is 4.44. The Balaban J connectivity index is 0.00000144. The molecule has 1 fully saturated rings. The Kier molecular flexibility index (Phi) is 7.47. The lowest BCUT2D eigenvalue weighted by atomic mass is 9.96. The first-order valence-corrected chi connectivity index (χ1v) is 10.9. The van der Waals surface area contributed by atoms with Gasteiger partial charge >= 0.3 is 0 Å². The first kappa shape index (κ1) is 24.5. The highest BCUT2D eigenvalue weighted by Crippen LogP contribution is 2.40. The van der Waals surface area contributed by atoms with Gasteiger partial charge in [-0.25, -0.2) is 4.39 Å². The van der Waals surface area contributed by atoms with Crippen LogP contribution in [0, 0.1) is 5.82 Å². The Hall–Kier alpha value is -2.16. The topological polar surface area (TPSA) is 82.3 Å². The van der Waals surface area contributed by atoms with Crippen molar-refractivity contribution in [1.82, 2.24) is 9.88 Å². The molecule has 2 aromatic heterocycles. The molecule has 32 heavy (non-hydrogen) atoms. The Labute approximate surface area is 200 Å². The van der Waals surface area contributed by atoms with Crippen LogP contribution in [0.25, 0.3) is 32.1 Å². The molecule has 9 heteroatoms. The van der Waals surface area contributed by atoms with E-state index < -0.39 is 0 Å². The number of hydrogen-bond donors (Lipinski definition) is 3. The van der Waals surface area contributed by atoms with Crippen molar-refractivity contribution in [3.05, 3.63) is 63.5 Å². The number of aromatic amines is 1. The van der Waals surface area contributed by atoms with Crippen molar-refractivity contribution in [2.24, 2.45) is 5.73 Å². The van der Waals surface area contributed by atoms with Gasteiger partial charge in [-0.3, -0.25) is 9.69 Å². The number of likely N-dealkylation sites (tertiary alicyclic amines) is 1. The van der Waals surface area contributed by atoms with Gasteiger partial charge in [0.2, 0.25) is 0 Å². The summed E-state index contributed by atoms with van der Waals surface area (Å²) in [6, 6.07) is 10.3. The van der Waals surface area contributed by atoms with Crippen LogP contribution in [0.1, 0.15) is 18.4 Å². The van der Waals surface area contributed by atoms with E-state index in [1.807, 2.05) is 17.5 Å².